The lowest BCUT2D eigenvalue weighted by molar-refractivity contribution is -0.137. The van der Waals surface area contributed by atoms with Crippen molar-refractivity contribution in [1.82, 2.24) is 9.97 Å². The minimum atomic E-state index is -4.49. The molecule has 0 bridgehead atoms. The molecule has 1 aromatic heterocycles. The van der Waals surface area contributed by atoms with E-state index in [1.807, 2.05) is 13.0 Å². The Balaban J connectivity index is 1.51. The van der Waals surface area contributed by atoms with Crippen LogP contribution < -0.4 is 0 Å². The first kappa shape index (κ1) is 21.8. The number of nitrogens with zero attached hydrogens (tertiary/aromatic N) is 2. The highest BCUT2D eigenvalue weighted by molar-refractivity contribution is 6.34. The molecule has 156 valence electrons. The summed E-state index contributed by atoms with van der Waals surface area (Å²) in [5, 5.41) is 0.0786. The number of carbonyl (C=O) groups excluding carboxylic acids is 1. The molecule has 2 aromatic rings. The highest BCUT2D eigenvalue weighted by Crippen LogP contribution is 2.36. The predicted molar refractivity (Wildman–Crippen MR) is 106 cm³/mol. The van der Waals surface area contributed by atoms with Crippen LogP contribution in [-0.2, 0) is 12.6 Å². The van der Waals surface area contributed by atoms with Crippen LogP contribution in [0.1, 0.15) is 66.0 Å². The molecule has 1 aliphatic rings. The molecular weight excluding hydrogens is 401 g/mol. The minimum absolute atomic E-state index is 0.0276. The number of aromatic nitrogens is 2. The third-order valence-electron chi connectivity index (χ3n) is 5.66. The Morgan fingerprint density at radius 1 is 1.14 bits per heavy atom. The number of benzene rings is 1. The number of carbonyl (C=O) groups is 1. The first-order chi connectivity index (χ1) is 13.7. The summed E-state index contributed by atoms with van der Waals surface area (Å²) in [5.74, 6) is 1.32. The van der Waals surface area contributed by atoms with Crippen LogP contribution in [0.3, 0.4) is 0 Å². The van der Waals surface area contributed by atoms with E-state index in [2.05, 4.69) is 9.97 Å². The van der Waals surface area contributed by atoms with Crippen LogP contribution in [0.4, 0.5) is 13.2 Å². The Bertz CT molecular complexity index is 861. The maximum Gasteiger partial charge on any atom is 0.416 e. The van der Waals surface area contributed by atoms with Crippen molar-refractivity contribution in [1.29, 1.82) is 0 Å². The summed E-state index contributed by atoms with van der Waals surface area (Å²) in [4.78, 5) is 21.3. The van der Waals surface area contributed by atoms with Gasteiger partial charge in [-0.25, -0.2) is 9.97 Å². The topological polar surface area (TPSA) is 42.9 Å². The number of hydrogen-bond donors (Lipinski definition) is 0. The van der Waals surface area contributed by atoms with E-state index < -0.39 is 11.7 Å². The number of halogens is 4. The standard InChI is InChI=1S/C22H24ClF3N2O/c1-14-10-11-27-21(28-14)9-6-15-2-4-16(5-3-15)12-20(29)18-13-17(22(24,25)26)7-8-19(18)23/h7-8,10-11,13,15-16H,2-6,9,12H2,1H3. The molecule has 29 heavy (non-hydrogen) atoms. The summed E-state index contributed by atoms with van der Waals surface area (Å²) in [7, 11) is 0. The zero-order valence-corrected chi connectivity index (χ0v) is 17.1. The van der Waals surface area contributed by atoms with E-state index in [0.29, 0.717) is 5.92 Å². The molecule has 3 nitrogen and oxygen atoms in total. The lowest BCUT2D eigenvalue weighted by Crippen LogP contribution is -2.19. The van der Waals surface area contributed by atoms with Gasteiger partial charge in [-0.05, 0) is 62.3 Å². The van der Waals surface area contributed by atoms with E-state index in [1.54, 1.807) is 6.20 Å². The maximum atomic E-state index is 12.9. The first-order valence-electron chi connectivity index (χ1n) is 9.91. The number of rotatable bonds is 6. The van der Waals surface area contributed by atoms with E-state index in [4.69, 9.17) is 11.6 Å². The van der Waals surface area contributed by atoms with Crippen LogP contribution in [0.5, 0.6) is 0 Å². The van der Waals surface area contributed by atoms with Gasteiger partial charge in [0.25, 0.3) is 0 Å². The fourth-order valence-corrected chi connectivity index (χ4v) is 4.19. The van der Waals surface area contributed by atoms with Gasteiger partial charge >= 0.3 is 6.18 Å². The minimum Gasteiger partial charge on any atom is -0.294 e. The summed E-state index contributed by atoms with van der Waals surface area (Å²) in [6, 6.07) is 4.81. The van der Waals surface area contributed by atoms with Gasteiger partial charge in [0, 0.05) is 30.3 Å². The second-order valence-electron chi connectivity index (χ2n) is 7.86. The molecule has 1 aromatic carbocycles. The molecule has 0 N–H and O–H groups in total. The molecule has 0 saturated heterocycles. The van der Waals surface area contributed by atoms with E-state index in [1.165, 1.54) is 0 Å². The second-order valence-corrected chi connectivity index (χ2v) is 8.27. The van der Waals surface area contributed by atoms with Gasteiger partial charge in [0.05, 0.1) is 10.6 Å². The Labute approximate surface area is 173 Å². The zero-order valence-electron chi connectivity index (χ0n) is 16.3. The Morgan fingerprint density at radius 3 is 2.48 bits per heavy atom. The molecular formula is C22H24ClF3N2O. The third-order valence-corrected chi connectivity index (χ3v) is 5.98. The van der Waals surface area contributed by atoms with Crippen molar-refractivity contribution in [3.8, 4) is 0 Å². The van der Waals surface area contributed by atoms with Gasteiger partial charge in [-0.1, -0.05) is 24.4 Å². The van der Waals surface area contributed by atoms with Gasteiger partial charge in [0.15, 0.2) is 5.78 Å². The Morgan fingerprint density at radius 2 is 1.83 bits per heavy atom. The van der Waals surface area contributed by atoms with Crippen LogP contribution in [0, 0.1) is 18.8 Å². The van der Waals surface area contributed by atoms with Crippen molar-refractivity contribution in [2.24, 2.45) is 11.8 Å². The monoisotopic (exact) mass is 424 g/mol. The molecule has 0 radical (unpaired) electrons. The number of aryl methyl sites for hydroxylation is 2. The van der Waals surface area contributed by atoms with Crippen LogP contribution >= 0.6 is 11.6 Å². The fraction of sp³-hybridized carbons (Fsp3) is 0.500. The molecule has 0 spiro atoms. The molecule has 1 saturated carbocycles. The summed E-state index contributed by atoms with van der Waals surface area (Å²) in [6.07, 6.45) is 3.23. The largest absolute Gasteiger partial charge is 0.416 e. The molecule has 0 amide bonds. The van der Waals surface area contributed by atoms with E-state index >= 15 is 0 Å². The van der Waals surface area contributed by atoms with Crippen molar-refractivity contribution in [2.45, 2.75) is 58.0 Å². The number of hydrogen-bond acceptors (Lipinski definition) is 3. The first-order valence-corrected chi connectivity index (χ1v) is 10.3. The molecule has 0 unspecified atom stereocenters. The molecule has 7 heteroatoms. The van der Waals surface area contributed by atoms with Crippen LogP contribution in [-0.4, -0.2) is 15.8 Å². The SMILES string of the molecule is Cc1ccnc(CCC2CCC(CC(=O)c3cc(C(F)(F)F)ccc3Cl)CC2)n1. The molecule has 3 rings (SSSR count). The van der Waals surface area contributed by atoms with Crippen molar-refractivity contribution in [2.75, 3.05) is 0 Å². The smallest absolute Gasteiger partial charge is 0.294 e. The lowest BCUT2D eigenvalue weighted by atomic mass is 9.77. The van der Waals surface area contributed by atoms with Crippen LogP contribution in [0.2, 0.25) is 5.02 Å². The van der Waals surface area contributed by atoms with E-state index in [-0.39, 0.29) is 28.7 Å². The van der Waals surface area contributed by atoms with Gasteiger partial charge in [0.2, 0.25) is 0 Å². The predicted octanol–water partition coefficient (Wildman–Crippen LogP) is 6.47. The highest BCUT2D eigenvalue weighted by atomic mass is 35.5. The Hall–Kier alpha value is -1.95. The molecule has 0 atom stereocenters. The average molecular weight is 425 g/mol. The number of Topliss-reactive ketones (excluding diaryl/α,β-unsaturated/α-hetero) is 1. The zero-order chi connectivity index (χ0) is 21.0. The quantitative estimate of drug-likeness (QED) is 0.499. The lowest BCUT2D eigenvalue weighted by Gasteiger charge is -2.28. The van der Waals surface area contributed by atoms with Gasteiger partial charge in [-0.2, -0.15) is 13.2 Å². The summed E-state index contributed by atoms with van der Waals surface area (Å²) in [5.41, 5.74) is 0.0954. The van der Waals surface area contributed by atoms with Gasteiger partial charge in [0.1, 0.15) is 5.82 Å². The normalized spacial score (nSPS) is 19.9. The average Bonchev–Trinajstić information content (AvgIpc) is 2.67. The highest BCUT2D eigenvalue weighted by Gasteiger charge is 2.32. The van der Waals surface area contributed by atoms with Crippen molar-refractivity contribution in [3.05, 3.63) is 58.1 Å². The van der Waals surface area contributed by atoms with E-state index in [9.17, 15) is 18.0 Å². The Kier molecular flexibility index (Phi) is 6.93. The van der Waals surface area contributed by atoms with Crippen molar-refractivity contribution >= 4 is 17.4 Å². The van der Waals surface area contributed by atoms with Gasteiger partial charge < -0.3 is 0 Å². The van der Waals surface area contributed by atoms with Crippen LogP contribution in [0.15, 0.2) is 30.5 Å². The third kappa shape index (κ3) is 6.01. The maximum absolute atomic E-state index is 12.9. The van der Waals surface area contributed by atoms with Crippen molar-refractivity contribution in [3.63, 3.8) is 0 Å². The van der Waals surface area contributed by atoms with E-state index in [0.717, 1.165) is 68.2 Å². The van der Waals surface area contributed by atoms with Gasteiger partial charge in [-0.3, -0.25) is 4.79 Å². The summed E-state index contributed by atoms with van der Waals surface area (Å²) < 4.78 is 38.8. The van der Waals surface area contributed by atoms with Crippen molar-refractivity contribution < 1.29 is 18.0 Å². The number of ketones is 1. The molecule has 0 aliphatic heterocycles. The fourth-order valence-electron chi connectivity index (χ4n) is 3.97. The number of alkyl halides is 3. The molecule has 1 aliphatic carbocycles. The molecule has 1 fully saturated rings. The van der Waals surface area contributed by atoms with Gasteiger partial charge in [-0.15, -0.1) is 0 Å². The summed E-state index contributed by atoms with van der Waals surface area (Å²) >= 11 is 5.99. The second kappa shape index (κ2) is 9.24. The van der Waals surface area contributed by atoms with Crippen LogP contribution in [0.25, 0.3) is 0 Å². The molecule has 1 heterocycles. The summed E-state index contributed by atoms with van der Waals surface area (Å²) in [6.45, 7) is 1.95.